The molecular formula is C58H48N4O+2. The molecule has 0 saturated carbocycles. The SMILES string of the molecule is CC1CC=Cc2c1c1cc(-c3ccc(C4[NH2+]C(n5c6c(c7ccccc75)C=C(c5ccc7oc8ccccc8c7c5)CC6C)[NH2+]c5ccccc54)cc3)ccc1n2-c1ccccc1. The van der Waals surface area contributed by atoms with E-state index in [1.54, 1.807) is 0 Å². The maximum atomic E-state index is 6.21. The van der Waals surface area contributed by atoms with Crippen LogP contribution >= 0.6 is 0 Å². The van der Waals surface area contributed by atoms with Gasteiger partial charge in [-0.25, -0.2) is 9.88 Å². The van der Waals surface area contributed by atoms with Crippen LogP contribution < -0.4 is 10.6 Å². The molecule has 1 aliphatic heterocycles. The number of furan rings is 1. The smallest absolute Gasteiger partial charge is 0.303 e. The second-order valence-corrected chi connectivity index (χ2v) is 18.1. The summed E-state index contributed by atoms with van der Waals surface area (Å²) in [5, 5.41) is 10.1. The van der Waals surface area contributed by atoms with Crippen molar-refractivity contribution >= 4 is 67.2 Å². The number of nitrogens with zero attached hydrogens (tertiary/aromatic N) is 2. The molecule has 0 radical (unpaired) electrons. The van der Waals surface area contributed by atoms with E-state index in [0.717, 1.165) is 24.0 Å². The zero-order valence-corrected chi connectivity index (χ0v) is 35.5. The minimum Gasteiger partial charge on any atom is -0.456 e. The summed E-state index contributed by atoms with van der Waals surface area (Å²) >= 11 is 0. The molecule has 10 aromatic rings. The van der Waals surface area contributed by atoms with E-state index < -0.39 is 0 Å². The van der Waals surface area contributed by atoms with E-state index >= 15 is 0 Å². The standard InChI is InChI=1S/C58H46N4O/c1-35-13-12-21-52-55(35)48-33-39(27-29-51(48)61(52)42-14-4-3-5-15-42)37-23-25-38(26-24-37)56-45-18-6-9-19-49(45)59-58(60-56)62-50-20-10-7-16-43(50)47-34-41(31-36(2)57(47)62)40-28-30-54-46(32-40)44-17-8-11-22-53(44)63-54/h3-12,14-30,32-36,56,58-60H,13,31H2,1-2H3/p+2. The van der Waals surface area contributed by atoms with E-state index in [-0.39, 0.29) is 12.3 Å². The number of quaternary nitrogens is 2. The molecule has 0 amide bonds. The van der Waals surface area contributed by atoms with Crippen LogP contribution in [0.25, 0.3) is 78.3 Å². The van der Waals surface area contributed by atoms with E-state index in [1.165, 1.54) is 99.9 Å². The summed E-state index contributed by atoms with van der Waals surface area (Å²) in [5.41, 5.74) is 20.3. The lowest BCUT2D eigenvalue weighted by molar-refractivity contribution is -0.924. The molecule has 0 spiro atoms. The van der Waals surface area contributed by atoms with Gasteiger partial charge in [-0.05, 0) is 119 Å². The molecular weight excluding hydrogens is 769 g/mol. The lowest BCUT2D eigenvalue weighted by atomic mass is 9.84. The molecule has 13 rings (SSSR count). The number of aromatic nitrogens is 2. The Morgan fingerprint density at radius 2 is 1.33 bits per heavy atom. The fourth-order valence-electron chi connectivity index (χ4n) is 11.4. The van der Waals surface area contributed by atoms with Gasteiger partial charge in [0.2, 0.25) is 0 Å². The monoisotopic (exact) mass is 816 g/mol. The average Bonchev–Trinajstić information content (AvgIpc) is 3.99. The van der Waals surface area contributed by atoms with Gasteiger partial charge in [0, 0.05) is 55.7 Å². The van der Waals surface area contributed by atoms with Crippen LogP contribution in [0.3, 0.4) is 0 Å². The summed E-state index contributed by atoms with van der Waals surface area (Å²) in [5.74, 6) is 0.789. The number of rotatable bonds is 5. The minimum atomic E-state index is 0.0857. The number of fused-ring (bicyclic) bond motifs is 10. The predicted molar refractivity (Wildman–Crippen MR) is 258 cm³/mol. The molecule has 0 bridgehead atoms. The van der Waals surface area contributed by atoms with E-state index in [9.17, 15) is 0 Å². The lowest BCUT2D eigenvalue weighted by Gasteiger charge is -2.31. The average molecular weight is 817 g/mol. The molecule has 5 nitrogen and oxygen atoms in total. The van der Waals surface area contributed by atoms with Gasteiger partial charge in [0.05, 0.1) is 16.6 Å². The van der Waals surface area contributed by atoms with Crippen molar-refractivity contribution in [3.63, 3.8) is 0 Å². The van der Waals surface area contributed by atoms with Crippen LogP contribution in [0.2, 0.25) is 0 Å². The minimum absolute atomic E-state index is 0.0857. The van der Waals surface area contributed by atoms with E-state index in [0.29, 0.717) is 11.8 Å². The molecule has 304 valence electrons. The molecule has 0 saturated heterocycles. The molecule has 4 N–H and O–H groups in total. The lowest BCUT2D eigenvalue weighted by Crippen LogP contribution is -3.08. The number of hydrogen-bond donors (Lipinski definition) is 2. The molecule has 3 aliphatic rings. The highest BCUT2D eigenvalue weighted by atomic mass is 16.3. The maximum Gasteiger partial charge on any atom is 0.303 e. The van der Waals surface area contributed by atoms with Crippen LogP contribution in [0, 0.1) is 0 Å². The zero-order chi connectivity index (χ0) is 41.8. The Morgan fingerprint density at radius 3 is 2.22 bits per heavy atom. The Labute approximate surface area is 366 Å². The molecule has 4 heterocycles. The van der Waals surface area contributed by atoms with Crippen LogP contribution in [-0.2, 0) is 0 Å². The molecule has 63 heavy (non-hydrogen) atoms. The quantitative estimate of drug-likeness (QED) is 0.167. The van der Waals surface area contributed by atoms with Crippen LogP contribution in [0.4, 0.5) is 5.69 Å². The maximum absolute atomic E-state index is 6.21. The summed E-state index contributed by atoms with van der Waals surface area (Å²) in [6.45, 7) is 4.79. The first-order valence-electron chi connectivity index (χ1n) is 22.6. The van der Waals surface area contributed by atoms with Crippen LogP contribution in [0.5, 0.6) is 0 Å². The topological polar surface area (TPSA) is 56.2 Å². The molecule has 3 aromatic heterocycles. The number of nitrogens with two attached hydrogens (primary N) is 2. The van der Waals surface area contributed by atoms with Gasteiger partial charge in [0.15, 0.2) is 0 Å². The Kier molecular flexibility index (Phi) is 8.21. The van der Waals surface area contributed by atoms with Gasteiger partial charge in [-0.2, -0.15) is 0 Å². The van der Waals surface area contributed by atoms with Crippen molar-refractivity contribution in [1.29, 1.82) is 0 Å². The highest BCUT2D eigenvalue weighted by Crippen LogP contribution is 2.45. The van der Waals surface area contributed by atoms with Crippen molar-refractivity contribution in [3.8, 4) is 16.8 Å². The molecule has 7 aromatic carbocycles. The molecule has 0 fully saturated rings. The molecule has 4 atom stereocenters. The van der Waals surface area contributed by atoms with Gasteiger partial charge in [0.1, 0.15) is 22.9 Å². The van der Waals surface area contributed by atoms with Crippen LogP contribution in [0.15, 0.2) is 174 Å². The van der Waals surface area contributed by atoms with E-state index in [4.69, 9.17) is 4.42 Å². The number of hydrogen-bond acceptors (Lipinski definition) is 1. The third kappa shape index (κ3) is 5.70. The Bertz CT molecular complexity index is 3510. The van der Waals surface area contributed by atoms with Crippen LogP contribution in [0.1, 0.15) is 90.1 Å². The van der Waals surface area contributed by atoms with Crippen molar-refractivity contribution in [2.45, 2.75) is 50.9 Å². The number of benzene rings is 7. The second kappa shape index (κ2) is 14.2. The fourth-order valence-corrected chi connectivity index (χ4v) is 11.4. The Morgan fingerprint density at radius 1 is 0.603 bits per heavy atom. The largest absolute Gasteiger partial charge is 0.456 e. The summed E-state index contributed by atoms with van der Waals surface area (Å²) in [6, 6.07) is 60.6. The highest BCUT2D eigenvalue weighted by molar-refractivity contribution is 6.07. The van der Waals surface area contributed by atoms with Crippen molar-refractivity contribution < 1.29 is 15.1 Å². The fraction of sp³-hybridized carbons (Fsp3) is 0.138. The first kappa shape index (κ1) is 36.5. The molecule has 2 aliphatic carbocycles. The van der Waals surface area contributed by atoms with Gasteiger partial charge in [-0.15, -0.1) is 0 Å². The normalized spacial score (nSPS) is 19.4. The molecule has 4 unspecified atom stereocenters. The third-order valence-electron chi connectivity index (χ3n) is 14.3. The number of para-hydroxylation sites is 4. The van der Waals surface area contributed by atoms with Crippen LogP contribution in [-0.4, -0.2) is 9.13 Å². The Hall–Kier alpha value is -7.18. The van der Waals surface area contributed by atoms with Crippen molar-refractivity contribution in [1.82, 2.24) is 9.13 Å². The first-order valence-corrected chi connectivity index (χ1v) is 22.6. The van der Waals surface area contributed by atoms with Gasteiger partial charge in [0.25, 0.3) is 0 Å². The Balaban J connectivity index is 0.871. The van der Waals surface area contributed by atoms with E-state index in [2.05, 4.69) is 210 Å². The summed E-state index contributed by atoms with van der Waals surface area (Å²) in [4.78, 5) is 0. The van der Waals surface area contributed by atoms with Crippen molar-refractivity contribution in [2.75, 3.05) is 0 Å². The van der Waals surface area contributed by atoms with Gasteiger partial charge in [-0.1, -0.05) is 123 Å². The first-order chi connectivity index (χ1) is 31.1. The summed E-state index contributed by atoms with van der Waals surface area (Å²) in [7, 11) is 0. The number of allylic oxidation sites excluding steroid dienone is 2. The molecule has 5 heteroatoms. The van der Waals surface area contributed by atoms with Gasteiger partial charge >= 0.3 is 6.29 Å². The van der Waals surface area contributed by atoms with Crippen molar-refractivity contribution in [3.05, 3.63) is 209 Å². The van der Waals surface area contributed by atoms with E-state index in [1.807, 2.05) is 6.07 Å². The highest BCUT2D eigenvalue weighted by Gasteiger charge is 2.39. The third-order valence-corrected chi connectivity index (χ3v) is 14.3. The van der Waals surface area contributed by atoms with Crippen molar-refractivity contribution in [2.24, 2.45) is 0 Å². The second-order valence-electron chi connectivity index (χ2n) is 18.1. The van der Waals surface area contributed by atoms with Gasteiger partial charge in [-0.3, -0.25) is 5.32 Å². The summed E-state index contributed by atoms with van der Waals surface area (Å²) in [6.07, 6.45) is 9.26. The predicted octanol–water partition coefficient (Wildman–Crippen LogP) is 12.7. The zero-order valence-electron chi connectivity index (χ0n) is 35.5. The summed E-state index contributed by atoms with van der Waals surface area (Å²) < 4.78 is 11.3. The van der Waals surface area contributed by atoms with Gasteiger partial charge < -0.3 is 8.98 Å².